The lowest BCUT2D eigenvalue weighted by atomic mass is 10.0. The Morgan fingerprint density at radius 1 is 1.24 bits per heavy atom. The molecule has 0 amide bonds. The first-order chi connectivity index (χ1) is 10.3. The molecule has 116 valence electrons. The zero-order valence-corrected chi connectivity index (χ0v) is 12.6. The summed E-state index contributed by atoms with van der Waals surface area (Å²) in [5, 5.41) is 0. The molecule has 5 nitrogen and oxygen atoms in total. The second-order valence-electron chi connectivity index (χ2n) is 5.75. The summed E-state index contributed by atoms with van der Waals surface area (Å²) in [6, 6.07) is 6.02. The lowest BCUT2D eigenvalue weighted by Gasteiger charge is -2.33. The van der Waals surface area contributed by atoms with Crippen molar-refractivity contribution in [2.24, 2.45) is 5.73 Å². The van der Waals surface area contributed by atoms with Crippen LogP contribution in [0.4, 0.5) is 0 Å². The van der Waals surface area contributed by atoms with Crippen LogP contribution in [0.25, 0.3) is 0 Å². The van der Waals surface area contributed by atoms with Crippen molar-refractivity contribution < 1.29 is 14.2 Å². The Bertz CT molecular complexity index is 473. The molecule has 21 heavy (non-hydrogen) atoms. The monoisotopic (exact) mass is 292 g/mol. The van der Waals surface area contributed by atoms with Gasteiger partial charge in [-0.25, -0.2) is 0 Å². The second-order valence-corrected chi connectivity index (χ2v) is 5.75. The van der Waals surface area contributed by atoms with Crippen molar-refractivity contribution in [1.29, 1.82) is 0 Å². The van der Waals surface area contributed by atoms with Crippen LogP contribution in [0.3, 0.4) is 0 Å². The molecular weight excluding hydrogens is 268 g/mol. The smallest absolute Gasteiger partial charge is 0.161 e. The van der Waals surface area contributed by atoms with Gasteiger partial charge in [-0.2, -0.15) is 0 Å². The van der Waals surface area contributed by atoms with Gasteiger partial charge in [0.25, 0.3) is 0 Å². The third-order valence-corrected chi connectivity index (χ3v) is 4.32. The first-order valence-corrected chi connectivity index (χ1v) is 7.66. The van der Waals surface area contributed by atoms with E-state index in [0.29, 0.717) is 19.3 Å². The van der Waals surface area contributed by atoms with Gasteiger partial charge >= 0.3 is 0 Å². The molecule has 1 aromatic rings. The highest BCUT2D eigenvalue weighted by atomic mass is 16.6. The summed E-state index contributed by atoms with van der Waals surface area (Å²) in [4.78, 5) is 2.41. The summed E-state index contributed by atoms with van der Waals surface area (Å²) in [5.74, 6) is 1.63. The van der Waals surface area contributed by atoms with Gasteiger partial charge in [0.1, 0.15) is 13.2 Å². The molecule has 2 aliphatic rings. The van der Waals surface area contributed by atoms with E-state index in [1.54, 1.807) is 7.11 Å². The molecule has 0 radical (unpaired) electrons. The van der Waals surface area contributed by atoms with Crippen LogP contribution in [-0.4, -0.2) is 51.0 Å². The normalized spacial score (nSPS) is 21.2. The van der Waals surface area contributed by atoms with Gasteiger partial charge in [-0.3, -0.25) is 0 Å². The third-order valence-electron chi connectivity index (χ3n) is 4.32. The standard InChI is InChI=1S/C16H24N2O3/c1-19-13-4-6-18(7-5-13)11-14(17)12-2-3-15-16(10-12)21-9-8-20-15/h2-3,10,13-14H,4-9,11,17H2,1H3. The van der Waals surface area contributed by atoms with Gasteiger partial charge in [-0.05, 0) is 30.5 Å². The molecular formula is C16H24N2O3. The van der Waals surface area contributed by atoms with E-state index < -0.39 is 0 Å². The maximum Gasteiger partial charge on any atom is 0.161 e. The van der Waals surface area contributed by atoms with E-state index in [1.807, 2.05) is 18.2 Å². The van der Waals surface area contributed by atoms with E-state index in [4.69, 9.17) is 19.9 Å². The number of hydrogen-bond donors (Lipinski definition) is 1. The van der Waals surface area contributed by atoms with Crippen LogP contribution in [0.1, 0.15) is 24.4 Å². The van der Waals surface area contributed by atoms with E-state index >= 15 is 0 Å². The summed E-state index contributed by atoms with van der Waals surface area (Å²) in [6.45, 7) is 4.20. The largest absolute Gasteiger partial charge is 0.486 e. The maximum absolute atomic E-state index is 6.36. The topological polar surface area (TPSA) is 57.0 Å². The minimum atomic E-state index is -0.0000728. The molecule has 0 aromatic heterocycles. The van der Waals surface area contributed by atoms with E-state index in [9.17, 15) is 0 Å². The first-order valence-electron chi connectivity index (χ1n) is 7.66. The highest BCUT2D eigenvalue weighted by Crippen LogP contribution is 2.32. The van der Waals surface area contributed by atoms with Gasteiger partial charge in [0.05, 0.1) is 6.10 Å². The quantitative estimate of drug-likeness (QED) is 0.913. The molecule has 0 saturated carbocycles. The number of benzene rings is 1. The van der Waals surface area contributed by atoms with Gasteiger partial charge in [0.15, 0.2) is 11.5 Å². The Morgan fingerprint density at radius 2 is 1.95 bits per heavy atom. The van der Waals surface area contributed by atoms with Gasteiger partial charge in [0.2, 0.25) is 0 Å². The van der Waals surface area contributed by atoms with Crippen LogP contribution in [0.15, 0.2) is 18.2 Å². The predicted molar refractivity (Wildman–Crippen MR) is 80.8 cm³/mol. The van der Waals surface area contributed by atoms with E-state index in [0.717, 1.165) is 49.5 Å². The molecule has 3 rings (SSSR count). The van der Waals surface area contributed by atoms with E-state index in [-0.39, 0.29) is 6.04 Å². The number of piperidine rings is 1. The molecule has 2 heterocycles. The second kappa shape index (κ2) is 6.64. The average molecular weight is 292 g/mol. The summed E-state index contributed by atoms with van der Waals surface area (Å²) >= 11 is 0. The number of ether oxygens (including phenoxy) is 3. The van der Waals surface area contributed by atoms with Crippen molar-refractivity contribution in [3.63, 3.8) is 0 Å². The SMILES string of the molecule is COC1CCN(CC(N)c2ccc3c(c2)OCCO3)CC1. The Morgan fingerprint density at radius 3 is 2.67 bits per heavy atom. The van der Waals surface area contributed by atoms with Crippen molar-refractivity contribution in [3.05, 3.63) is 23.8 Å². The van der Waals surface area contributed by atoms with E-state index in [1.165, 1.54) is 0 Å². The molecule has 1 saturated heterocycles. The minimum Gasteiger partial charge on any atom is -0.486 e. The van der Waals surface area contributed by atoms with Crippen molar-refractivity contribution in [2.75, 3.05) is 40.0 Å². The summed E-state index contributed by atoms with van der Waals surface area (Å²) < 4.78 is 16.6. The van der Waals surface area contributed by atoms with Gasteiger partial charge in [-0.1, -0.05) is 6.07 Å². The Kier molecular flexibility index (Phi) is 4.63. The van der Waals surface area contributed by atoms with Crippen molar-refractivity contribution in [3.8, 4) is 11.5 Å². The van der Waals surface area contributed by atoms with Crippen molar-refractivity contribution in [2.45, 2.75) is 25.0 Å². The number of hydrogen-bond acceptors (Lipinski definition) is 5. The van der Waals surface area contributed by atoms with Gasteiger partial charge in [0, 0.05) is 32.8 Å². The summed E-state index contributed by atoms with van der Waals surface area (Å²) in [5.41, 5.74) is 7.46. The van der Waals surface area contributed by atoms with Crippen molar-refractivity contribution in [1.82, 2.24) is 4.90 Å². The molecule has 0 spiro atoms. The van der Waals surface area contributed by atoms with Gasteiger partial charge in [-0.15, -0.1) is 0 Å². The molecule has 0 aliphatic carbocycles. The zero-order valence-electron chi connectivity index (χ0n) is 12.6. The number of rotatable bonds is 4. The zero-order chi connectivity index (χ0) is 14.7. The Balaban J connectivity index is 1.59. The number of nitrogens with two attached hydrogens (primary N) is 1. The molecule has 1 aromatic carbocycles. The first kappa shape index (κ1) is 14.6. The Labute approximate surface area is 126 Å². The molecule has 1 atom stereocenters. The number of likely N-dealkylation sites (tertiary alicyclic amines) is 1. The van der Waals surface area contributed by atoms with Gasteiger partial charge < -0.3 is 24.8 Å². The molecule has 0 bridgehead atoms. The summed E-state index contributed by atoms with van der Waals surface area (Å²) in [7, 11) is 1.79. The lowest BCUT2D eigenvalue weighted by Crippen LogP contribution is -2.40. The minimum absolute atomic E-state index is 0.0000728. The number of fused-ring (bicyclic) bond motifs is 1. The van der Waals surface area contributed by atoms with Crippen LogP contribution in [-0.2, 0) is 4.74 Å². The lowest BCUT2D eigenvalue weighted by molar-refractivity contribution is 0.0395. The Hall–Kier alpha value is -1.30. The molecule has 2 N–H and O–H groups in total. The molecule has 1 fully saturated rings. The molecule has 2 aliphatic heterocycles. The number of methoxy groups -OCH3 is 1. The van der Waals surface area contributed by atoms with Crippen LogP contribution in [0.2, 0.25) is 0 Å². The van der Waals surface area contributed by atoms with Crippen LogP contribution in [0, 0.1) is 0 Å². The molecule has 1 unspecified atom stereocenters. The fourth-order valence-corrected chi connectivity index (χ4v) is 3.00. The fraction of sp³-hybridized carbons (Fsp3) is 0.625. The maximum atomic E-state index is 6.36. The van der Waals surface area contributed by atoms with Crippen LogP contribution in [0.5, 0.6) is 11.5 Å². The highest BCUT2D eigenvalue weighted by Gasteiger charge is 2.21. The predicted octanol–water partition coefficient (Wildman–Crippen LogP) is 1.57. The average Bonchev–Trinajstić information content (AvgIpc) is 2.55. The fourth-order valence-electron chi connectivity index (χ4n) is 3.00. The highest BCUT2D eigenvalue weighted by molar-refractivity contribution is 5.44. The van der Waals surface area contributed by atoms with Crippen molar-refractivity contribution >= 4 is 0 Å². The van der Waals surface area contributed by atoms with Crippen LogP contribution >= 0.6 is 0 Å². The number of nitrogens with zero attached hydrogens (tertiary/aromatic N) is 1. The molecule has 5 heteroatoms. The van der Waals surface area contributed by atoms with E-state index in [2.05, 4.69) is 4.90 Å². The van der Waals surface area contributed by atoms with Crippen LogP contribution < -0.4 is 15.2 Å². The summed E-state index contributed by atoms with van der Waals surface area (Å²) in [6.07, 6.45) is 2.58. The third kappa shape index (κ3) is 3.48.